The van der Waals surface area contributed by atoms with Crippen LogP contribution in [-0.2, 0) is 9.31 Å². The summed E-state index contributed by atoms with van der Waals surface area (Å²) < 4.78 is 11.7. The molecule has 4 heteroatoms. The van der Waals surface area contributed by atoms with Gasteiger partial charge in [-0.3, -0.25) is 0 Å². The molecular weight excluding hydrogens is 219 g/mol. The van der Waals surface area contributed by atoms with Gasteiger partial charge in [0.15, 0.2) is 0 Å². The van der Waals surface area contributed by atoms with Crippen molar-refractivity contribution in [1.82, 2.24) is 0 Å². The third kappa shape index (κ3) is 2.24. The SMILES string of the molecule is CC1(C)OB(/C=C\c2ccsc2)OC1(C)C. The van der Waals surface area contributed by atoms with Crippen molar-refractivity contribution >= 4 is 24.5 Å². The molecule has 0 atom stereocenters. The second-order valence-corrected chi connectivity index (χ2v) is 5.82. The predicted molar refractivity (Wildman–Crippen MR) is 69.4 cm³/mol. The van der Waals surface area contributed by atoms with E-state index in [2.05, 4.69) is 44.5 Å². The van der Waals surface area contributed by atoms with Crippen LogP contribution in [0.3, 0.4) is 0 Å². The lowest BCUT2D eigenvalue weighted by atomic mass is 9.89. The third-order valence-corrected chi connectivity index (χ3v) is 3.96. The van der Waals surface area contributed by atoms with E-state index in [1.54, 1.807) is 11.3 Å². The van der Waals surface area contributed by atoms with E-state index in [9.17, 15) is 0 Å². The van der Waals surface area contributed by atoms with Gasteiger partial charge in [0, 0.05) is 0 Å². The fourth-order valence-electron chi connectivity index (χ4n) is 1.53. The average Bonchev–Trinajstić information content (AvgIpc) is 2.70. The molecule has 0 bridgehead atoms. The van der Waals surface area contributed by atoms with E-state index in [0.717, 1.165) is 0 Å². The highest BCUT2D eigenvalue weighted by molar-refractivity contribution is 7.08. The number of hydrogen-bond acceptors (Lipinski definition) is 3. The fourth-order valence-corrected chi connectivity index (χ4v) is 2.16. The van der Waals surface area contributed by atoms with E-state index in [-0.39, 0.29) is 18.3 Å². The van der Waals surface area contributed by atoms with Crippen LogP contribution in [0.15, 0.2) is 22.8 Å². The zero-order valence-electron chi connectivity index (χ0n) is 10.2. The first-order chi connectivity index (χ1) is 7.41. The van der Waals surface area contributed by atoms with Crippen molar-refractivity contribution in [1.29, 1.82) is 0 Å². The predicted octanol–water partition coefficient (Wildman–Crippen LogP) is 3.39. The van der Waals surface area contributed by atoms with Gasteiger partial charge in [-0.15, -0.1) is 0 Å². The lowest BCUT2D eigenvalue weighted by molar-refractivity contribution is 0.00578. The quantitative estimate of drug-likeness (QED) is 0.732. The van der Waals surface area contributed by atoms with Gasteiger partial charge in [0.1, 0.15) is 0 Å². The minimum Gasteiger partial charge on any atom is -0.400 e. The van der Waals surface area contributed by atoms with Gasteiger partial charge in [-0.1, -0.05) is 12.1 Å². The van der Waals surface area contributed by atoms with E-state index in [0.29, 0.717) is 0 Å². The van der Waals surface area contributed by atoms with Crippen LogP contribution in [0.4, 0.5) is 0 Å². The molecule has 1 saturated heterocycles. The molecule has 0 saturated carbocycles. The Hall–Kier alpha value is -0.575. The molecule has 16 heavy (non-hydrogen) atoms. The van der Waals surface area contributed by atoms with Crippen molar-refractivity contribution < 1.29 is 9.31 Å². The average molecular weight is 236 g/mol. The Kier molecular flexibility index (Phi) is 2.99. The molecule has 1 aliphatic heterocycles. The lowest BCUT2D eigenvalue weighted by Crippen LogP contribution is -2.41. The Morgan fingerprint density at radius 1 is 1.19 bits per heavy atom. The van der Waals surface area contributed by atoms with Gasteiger partial charge in [-0.2, -0.15) is 11.3 Å². The monoisotopic (exact) mass is 236 g/mol. The van der Waals surface area contributed by atoms with Crippen molar-refractivity contribution in [3.8, 4) is 0 Å². The second kappa shape index (κ2) is 4.02. The van der Waals surface area contributed by atoms with Crippen molar-refractivity contribution in [2.24, 2.45) is 0 Å². The number of hydrogen-bond donors (Lipinski definition) is 0. The molecule has 86 valence electrons. The van der Waals surface area contributed by atoms with Crippen molar-refractivity contribution in [3.05, 3.63) is 28.4 Å². The molecule has 0 N–H and O–H groups in total. The molecular formula is C12H17BO2S. The number of thiophene rings is 1. The largest absolute Gasteiger partial charge is 0.487 e. The molecule has 2 heterocycles. The van der Waals surface area contributed by atoms with Crippen LogP contribution >= 0.6 is 11.3 Å². The van der Waals surface area contributed by atoms with Crippen molar-refractivity contribution in [2.45, 2.75) is 38.9 Å². The summed E-state index contributed by atoms with van der Waals surface area (Å²) in [6.45, 7) is 8.24. The lowest BCUT2D eigenvalue weighted by Gasteiger charge is -2.32. The Balaban J connectivity index is 2.05. The van der Waals surface area contributed by atoms with E-state index < -0.39 is 0 Å². The van der Waals surface area contributed by atoms with E-state index in [1.807, 2.05) is 12.1 Å². The highest BCUT2D eigenvalue weighted by Crippen LogP contribution is 2.36. The zero-order valence-corrected chi connectivity index (χ0v) is 11.0. The summed E-state index contributed by atoms with van der Waals surface area (Å²) in [7, 11) is -0.245. The van der Waals surface area contributed by atoms with E-state index in [1.165, 1.54) is 5.56 Å². The standard InChI is InChI=1S/C12H17BO2S/c1-11(2)12(3,4)15-13(14-11)7-5-10-6-8-16-9-10/h5-9H,1-4H3/b7-5-. The van der Waals surface area contributed by atoms with Gasteiger partial charge >= 0.3 is 7.12 Å². The second-order valence-electron chi connectivity index (χ2n) is 5.04. The molecule has 1 aromatic heterocycles. The summed E-state index contributed by atoms with van der Waals surface area (Å²) in [4.78, 5) is 0. The molecule has 0 spiro atoms. The van der Waals surface area contributed by atoms with Crippen LogP contribution in [-0.4, -0.2) is 18.3 Å². The highest BCUT2D eigenvalue weighted by atomic mass is 32.1. The summed E-state index contributed by atoms with van der Waals surface area (Å²) in [5.74, 6) is 1.97. The van der Waals surface area contributed by atoms with Crippen LogP contribution in [0.1, 0.15) is 33.3 Å². The van der Waals surface area contributed by atoms with Gasteiger partial charge in [0.25, 0.3) is 0 Å². The minimum atomic E-state index is -0.253. The molecule has 0 unspecified atom stereocenters. The van der Waals surface area contributed by atoms with Crippen LogP contribution in [0, 0.1) is 0 Å². The van der Waals surface area contributed by atoms with Gasteiger partial charge in [0.2, 0.25) is 0 Å². The molecule has 0 aromatic carbocycles. The highest BCUT2D eigenvalue weighted by Gasteiger charge is 2.49. The topological polar surface area (TPSA) is 18.5 Å². The first-order valence-electron chi connectivity index (χ1n) is 5.47. The summed E-state index contributed by atoms with van der Waals surface area (Å²) in [6, 6.07) is 2.08. The third-order valence-electron chi connectivity index (χ3n) is 3.26. The van der Waals surface area contributed by atoms with Gasteiger partial charge in [-0.25, -0.2) is 0 Å². The van der Waals surface area contributed by atoms with Crippen molar-refractivity contribution in [2.75, 3.05) is 0 Å². The molecule has 1 aliphatic rings. The molecule has 1 fully saturated rings. The maximum atomic E-state index is 5.86. The van der Waals surface area contributed by atoms with Crippen LogP contribution in [0.5, 0.6) is 0 Å². The zero-order chi connectivity index (χ0) is 11.8. The molecule has 1 aromatic rings. The van der Waals surface area contributed by atoms with Crippen LogP contribution < -0.4 is 0 Å². The Morgan fingerprint density at radius 3 is 2.31 bits per heavy atom. The van der Waals surface area contributed by atoms with Gasteiger partial charge in [-0.05, 0) is 50.1 Å². The fraction of sp³-hybridized carbons (Fsp3) is 0.500. The number of rotatable bonds is 2. The normalized spacial score (nSPS) is 23.1. The summed E-state index contributed by atoms with van der Waals surface area (Å²) >= 11 is 1.69. The van der Waals surface area contributed by atoms with Gasteiger partial charge < -0.3 is 9.31 Å². The Labute approximate surface area is 101 Å². The smallest absolute Gasteiger partial charge is 0.400 e. The first-order valence-corrected chi connectivity index (χ1v) is 6.41. The van der Waals surface area contributed by atoms with Crippen molar-refractivity contribution in [3.63, 3.8) is 0 Å². The molecule has 0 aliphatic carbocycles. The summed E-state index contributed by atoms with van der Waals surface area (Å²) in [5, 5.41) is 4.16. The van der Waals surface area contributed by atoms with Crippen LogP contribution in [0.25, 0.3) is 6.08 Å². The maximum absolute atomic E-state index is 5.86. The van der Waals surface area contributed by atoms with E-state index >= 15 is 0 Å². The molecule has 0 radical (unpaired) electrons. The maximum Gasteiger partial charge on any atom is 0.487 e. The molecule has 2 rings (SSSR count). The summed E-state index contributed by atoms with van der Waals surface area (Å²) in [5.41, 5.74) is 0.688. The molecule has 0 amide bonds. The van der Waals surface area contributed by atoms with E-state index in [4.69, 9.17) is 9.31 Å². The first kappa shape index (κ1) is 11.9. The summed E-state index contributed by atoms with van der Waals surface area (Å²) in [6.07, 6.45) is 2.04. The molecule has 2 nitrogen and oxygen atoms in total. The Morgan fingerprint density at radius 2 is 1.81 bits per heavy atom. The minimum absolute atomic E-state index is 0.245. The Bertz CT molecular complexity index is 366. The van der Waals surface area contributed by atoms with Crippen LogP contribution in [0.2, 0.25) is 0 Å². The van der Waals surface area contributed by atoms with Gasteiger partial charge in [0.05, 0.1) is 11.2 Å².